The zero-order valence-corrected chi connectivity index (χ0v) is 9.82. The van der Waals surface area contributed by atoms with Crippen LogP contribution in [0, 0.1) is 11.3 Å². The Morgan fingerprint density at radius 1 is 1.25 bits per heavy atom. The van der Waals surface area contributed by atoms with E-state index >= 15 is 0 Å². The van der Waals surface area contributed by atoms with E-state index in [0.717, 1.165) is 25.1 Å². The van der Waals surface area contributed by atoms with Gasteiger partial charge < -0.3 is 0 Å². The molecule has 1 atom stereocenters. The van der Waals surface area contributed by atoms with Gasteiger partial charge >= 0.3 is 0 Å². The lowest BCUT2D eigenvalue weighted by Crippen LogP contribution is -2.24. The Kier molecular flexibility index (Phi) is 3.58. The summed E-state index contributed by atoms with van der Waals surface area (Å²) in [6.07, 6.45) is 3.51. The van der Waals surface area contributed by atoms with Crippen LogP contribution in [0.2, 0.25) is 0 Å². The summed E-state index contributed by atoms with van der Waals surface area (Å²) in [5.74, 6) is 0. The van der Waals surface area contributed by atoms with E-state index in [1.807, 2.05) is 0 Å². The molecule has 1 saturated heterocycles. The van der Waals surface area contributed by atoms with Crippen LogP contribution < -0.4 is 0 Å². The number of hydrogen-bond acceptors (Lipinski definition) is 2. The first-order valence-electron chi connectivity index (χ1n) is 6.07. The van der Waals surface area contributed by atoms with Crippen molar-refractivity contribution in [3.05, 3.63) is 35.4 Å². The van der Waals surface area contributed by atoms with E-state index in [1.54, 1.807) is 0 Å². The Morgan fingerprint density at radius 2 is 1.88 bits per heavy atom. The van der Waals surface area contributed by atoms with Crippen LogP contribution in [0.4, 0.5) is 0 Å². The molecule has 0 saturated carbocycles. The summed E-state index contributed by atoms with van der Waals surface area (Å²) in [6, 6.07) is 10.8. The molecule has 2 rings (SSSR count). The van der Waals surface area contributed by atoms with Crippen molar-refractivity contribution >= 4 is 0 Å². The maximum absolute atomic E-state index is 9.27. The predicted molar refractivity (Wildman–Crippen MR) is 65.0 cm³/mol. The summed E-state index contributed by atoms with van der Waals surface area (Å²) in [4.78, 5) is 2.28. The fourth-order valence-corrected chi connectivity index (χ4v) is 2.30. The van der Waals surface area contributed by atoms with Gasteiger partial charge in [0.1, 0.15) is 6.04 Å². The Labute approximate surface area is 97.5 Å². The fourth-order valence-electron chi connectivity index (χ4n) is 2.30. The quantitative estimate of drug-likeness (QED) is 0.773. The highest BCUT2D eigenvalue weighted by Gasteiger charge is 2.22. The minimum absolute atomic E-state index is 0.0478. The lowest BCUT2D eigenvalue weighted by atomic mass is 10.0. The van der Waals surface area contributed by atoms with E-state index in [2.05, 4.69) is 42.2 Å². The smallest absolute Gasteiger partial charge is 0.123 e. The number of aryl methyl sites for hydroxylation is 1. The van der Waals surface area contributed by atoms with E-state index in [4.69, 9.17) is 0 Å². The second-order valence-electron chi connectivity index (χ2n) is 4.37. The van der Waals surface area contributed by atoms with Crippen LogP contribution in [0.1, 0.15) is 36.9 Å². The minimum atomic E-state index is -0.0478. The van der Waals surface area contributed by atoms with Crippen molar-refractivity contribution < 1.29 is 0 Å². The number of hydrogen-bond donors (Lipinski definition) is 0. The summed E-state index contributed by atoms with van der Waals surface area (Å²) < 4.78 is 0. The monoisotopic (exact) mass is 214 g/mol. The van der Waals surface area contributed by atoms with Crippen molar-refractivity contribution in [3.63, 3.8) is 0 Å². The van der Waals surface area contributed by atoms with Crippen LogP contribution in [-0.4, -0.2) is 18.0 Å². The molecule has 0 radical (unpaired) electrons. The lowest BCUT2D eigenvalue weighted by Gasteiger charge is -2.21. The van der Waals surface area contributed by atoms with Crippen LogP contribution >= 0.6 is 0 Å². The number of likely N-dealkylation sites (tertiary alicyclic amines) is 1. The molecule has 0 aromatic heterocycles. The van der Waals surface area contributed by atoms with E-state index < -0.39 is 0 Å². The molecule has 84 valence electrons. The zero-order valence-electron chi connectivity index (χ0n) is 9.82. The molecular formula is C14H18N2. The molecule has 1 aromatic rings. The number of nitriles is 1. The molecule has 1 heterocycles. The van der Waals surface area contributed by atoms with Crippen LogP contribution in [0.3, 0.4) is 0 Å². The molecular weight excluding hydrogens is 196 g/mol. The van der Waals surface area contributed by atoms with Crippen LogP contribution in [0.25, 0.3) is 0 Å². The highest BCUT2D eigenvalue weighted by atomic mass is 15.2. The second-order valence-corrected chi connectivity index (χ2v) is 4.37. The molecule has 0 amide bonds. The molecule has 1 aliphatic heterocycles. The minimum Gasteiger partial charge on any atom is -0.284 e. The van der Waals surface area contributed by atoms with Gasteiger partial charge in [-0.05, 0) is 43.5 Å². The van der Waals surface area contributed by atoms with Crippen LogP contribution in [0.5, 0.6) is 0 Å². The Hall–Kier alpha value is -1.33. The van der Waals surface area contributed by atoms with Gasteiger partial charge in [-0.15, -0.1) is 0 Å². The van der Waals surface area contributed by atoms with Crippen molar-refractivity contribution in [1.82, 2.24) is 4.90 Å². The largest absolute Gasteiger partial charge is 0.284 e. The summed E-state index contributed by atoms with van der Waals surface area (Å²) >= 11 is 0. The van der Waals surface area contributed by atoms with Gasteiger partial charge in [0, 0.05) is 0 Å². The molecule has 16 heavy (non-hydrogen) atoms. The molecule has 0 bridgehead atoms. The van der Waals surface area contributed by atoms with Crippen molar-refractivity contribution in [2.45, 2.75) is 32.2 Å². The molecule has 1 aliphatic rings. The normalized spacial score (nSPS) is 18.2. The molecule has 1 fully saturated rings. The fraction of sp³-hybridized carbons (Fsp3) is 0.500. The van der Waals surface area contributed by atoms with Crippen molar-refractivity contribution in [2.75, 3.05) is 13.1 Å². The van der Waals surface area contributed by atoms with Gasteiger partial charge in [-0.2, -0.15) is 5.26 Å². The maximum Gasteiger partial charge on any atom is 0.123 e. The lowest BCUT2D eigenvalue weighted by molar-refractivity contribution is 0.294. The predicted octanol–water partition coefficient (Wildman–Crippen LogP) is 2.91. The molecule has 1 aromatic carbocycles. The third kappa shape index (κ3) is 2.25. The third-order valence-corrected chi connectivity index (χ3v) is 3.33. The standard InChI is InChI=1S/C14H18N2/c1-2-12-5-7-13(8-6-12)14(11-15)16-9-3-4-10-16/h5-8,14H,2-4,9-10H2,1H3. The summed E-state index contributed by atoms with van der Waals surface area (Å²) in [7, 11) is 0. The van der Waals surface area contributed by atoms with E-state index in [1.165, 1.54) is 18.4 Å². The van der Waals surface area contributed by atoms with Crippen LogP contribution in [0.15, 0.2) is 24.3 Å². The van der Waals surface area contributed by atoms with Crippen molar-refractivity contribution in [3.8, 4) is 6.07 Å². The Morgan fingerprint density at radius 3 is 2.38 bits per heavy atom. The summed E-state index contributed by atoms with van der Waals surface area (Å²) in [5.41, 5.74) is 2.48. The van der Waals surface area contributed by atoms with Gasteiger partial charge in [-0.1, -0.05) is 31.2 Å². The van der Waals surface area contributed by atoms with Gasteiger partial charge in [0.25, 0.3) is 0 Å². The first kappa shape index (κ1) is 11.2. The molecule has 0 N–H and O–H groups in total. The number of nitrogens with zero attached hydrogens (tertiary/aromatic N) is 2. The van der Waals surface area contributed by atoms with E-state index in [0.29, 0.717) is 0 Å². The first-order chi connectivity index (χ1) is 7.85. The van der Waals surface area contributed by atoms with Gasteiger partial charge in [0.2, 0.25) is 0 Å². The molecule has 1 unspecified atom stereocenters. The van der Waals surface area contributed by atoms with Gasteiger partial charge in [0.05, 0.1) is 6.07 Å². The average Bonchev–Trinajstić information content (AvgIpc) is 2.85. The molecule has 0 aliphatic carbocycles. The van der Waals surface area contributed by atoms with E-state index in [-0.39, 0.29) is 6.04 Å². The second kappa shape index (κ2) is 5.14. The molecule has 2 nitrogen and oxygen atoms in total. The zero-order chi connectivity index (χ0) is 11.4. The molecule has 2 heteroatoms. The SMILES string of the molecule is CCc1ccc(C(C#N)N2CCCC2)cc1. The number of rotatable bonds is 3. The number of benzene rings is 1. The Balaban J connectivity index is 2.16. The summed E-state index contributed by atoms with van der Waals surface area (Å²) in [6.45, 7) is 4.28. The van der Waals surface area contributed by atoms with E-state index in [9.17, 15) is 5.26 Å². The van der Waals surface area contributed by atoms with Crippen molar-refractivity contribution in [2.24, 2.45) is 0 Å². The van der Waals surface area contributed by atoms with Crippen molar-refractivity contribution in [1.29, 1.82) is 5.26 Å². The first-order valence-corrected chi connectivity index (χ1v) is 6.07. The average molecular weight is 214 g/mol. The van der Waals surface area contributed by atoms with Gasteiger partial charge in [-0.25, -0.2) is 0 Å². The topological polar surface area (TPSA) is 27.0 Å². The third-order valence-electron chi connectivity index (χ3n) is 3.33. The highest BCUT2D eigenvalue weighted by Crippen LogP contribution is 2.24. The highest BCUT2D eigenvalue weighted by molar-refractivity contribution is 5.28. The molecule has 0 spiro atoms. The summed E-state index contributed by atoms with van der Waals surface area (Å²) in [5, 5.41) is 9.27. The Bertz CT molecular complexity index is 369. The van der Waals surface area contributed by atoms with Gasteiger partial charge in [0.15, 0.2) is 0 Å². The van der Waals surface area contributed by atoms with Gasteiger partial charge in [-0.3, -0.25) is 4.90 Å². The maximum atomic E-state index is 9.27. The van der Waals surface area contributed by atoms with Crippen LogP contribution in [-0.2, 0) is 6.42 Å².